The molecule has 0 radical (unpaired) electrons. The first-order valence-electron chi connectivity index (χ1n) is 6.67. The first kappa shape index (κ1) is 14.9. The summed E-state index contributed by atoms with van der Waals surface area (Å²) in [4.78, 5) is 25.0. The van der Waals surface area contributed by atoms with Crippen LogP contribution in [-0.2, 0) is 4.79 Å². The van der Waals surface area contributed by atoms with Gasteiger partial charge in [-0.15, -0.1) is 0 Å². The molecule has 0 aromatic heterocycles. The van der Waals surface area contributed by atoms with Crippen molar-refractivity contribution in [1.82, 2.24) is 4.90 Å². The SMILES string of the molecule is COc1ccc(C(=O)N2CCCC(C(=O)O)C2)cc1C#N. The summed E-state index contributed by atoms with van der Waals surface area (Å²) in [5, 5.41) is 18.1. The molecule has 0 saturated carbocycles. The Balaban J connectivity index is 2.20. The Hall–Kier alpha value is -2.55. The number of methoxy groups -OCH3 is 1. The average Bonchev–Trinajstić information content (AvgIpc) is 2.53. The highest BCUT2D eigenvalue weighted by molar-refractivity contribution is 5.95. The number of hydrogen-bond acceptors (Lipinski definition) is 4. The lowest BCUT2D eigenvalue weighted by atomic mass is 9.97. The summed E-state index contributed by atoms with van der Waals surface area (Å²) in [6, 6.07) is 6.62. The number of likely N-dealkylation sites (tertiary alicyclic amines) is 1. The van der Waals surface area contributed by atoms with Crippen LogP contribution in [0.2, 0.25) is 0 Å². The molecule has 0 bridgehead atoms. The third-order valence-corrected chi connectivity index (χ3v) is 3.62. The summed E-state index contributed by atoms with van der Waals surface area (Å²) in [6.45, 7) is 0.749. The number of amides is 1. The molecule has 1 heterocycles. The van der Waals surface area contributed by atoms with E-state index in [0.717, 1.165) is 0 Å². The largest absolute Gasteiger partial charge is 0.495 e. The Kier molecular flexibility index (Phi) is 4.43. The number of aliphatic carboxylic acids is 1. The monoisotopic (exact) mass is 288 g/mol. The van der Waals surface area contributed by atoms with Gasteiger partial charge in [0.15, 0.2) is 0 Å². The molecular weight excluding hydrogens is 272 g/mol. The molecule has 1 aliphatic rings. The minimum atomic E-state index is -0.875. The zero-order valence-electron chi connectivity index (χ0n) is 11.7. The van der Waals surface area contributed by atoms with Crippen molar-refractivity contribution >= 4 is 11.9 Å². The summed E-state index contributed by atoms with van der Waals surface area (Å²) >= 11 is 0. The van der Waals surface area contributed by atoms with Crippen LogP contribution in [0.5, 0.6) is 5.75 Å². The molecule has 2 rings (SSSR count). The molecule has 6 nitrogen and oxygen atoms in total. The second kappa shape index (κ2) is 6.27. The van der Waals surface area contributed by atoms with Gasteiger partial charge in [0.1, 0.15) is 11.8 Å². The van der Waals surface area contributed by atoms with Gasteiger partial charge >= 0.3 is 5.97 Å². The van der Waals surface area contributed by atoms with Crippen molar-refractivity contribution < 1.29 is 19.4 Å². The van der Waals surface area contributed by atoms with E-state index in [1.165, 1.54) is 18.1 Å². The minimum Gasteiger partial charge on any atom is -0.495 e. The highest BCUT2D eigenvalue weighted by Crippen LogP contribution is 2.22. The van der Waals surface area contributed by atoms with Gasteiger partial charge in [0.25, 0.3) is 5.91 Å². The van der Waals surface area contributed by atoms with Crippen LogP contribution >= 0.6 is 0 Å². The molecule has 6 heteroatoms. The first-order valence-corrected chi connectivity index (χ1v) is 6.67. The third-order valence-electron chi connectivity index (χ3n) is 3.62. The topological polar surface area (TPSA) is 90.6 Å². The van der Waals surface area contributed by atoms with Gasteiger partial charge < -0.3 is 14.7 Å². The second-order valence-corrected chi connectivity index (χ2v) is 4.96. The lowest BCUT2D eigenvalue weighted by molar-refractivity contribution is -0.143. The fraction of sp³-hybridized carbons (Fsp3) is 0.400. The van der Waals surface area contributed by atoms with E-state index in [-0.39, 0.29) is 18.0 Å². The lowest BCUT2D eigenvalue weighted by Crippen LogP contribution is -2.42. The van der Waals surface area contributed by atoms with E-state index < -0.39 is 11.9 Å². The number of piperidine rings is 1. The first-order chi connectivity index (χ1) is 10.1. The van der Waals surface area contributed by atoms with Gasteiger partial charge in [0.05, 0.1) is 18.6 Å². The standard InChI is InChI=1S/C15H16N2O4/c1-21-13-5-4-10(7-12(13)8-16)14(18)17-6-2-3-11(9-17)15(19)20/h4-5,7,11H,2-3,6,9H2,1H3,(H,19,20). The fourth-order valence-corrected chi connectivity index (χ4v) is 2.47. The number of nitriles is 1. The van der Waals surface area contributed by atoms with Crippen molar-refractivity contribution in [2.75, 3.05) is 20.2 Å². The highest BCUT2D eigenvalue weighted by atomic mass is 16.5. The maximum atomic E-state index is 12.4. The predicted molar refractivity (Wildman–Crippen MR) is 74.0 cm³/mol. The minimum absolute atomic E-state index is 0.210. The summed E-state index contributed by atoms with van der Waals surface area (Å²) in [5.41, 5.74) is 0.661. The molecule has 0 aliphatic carbocycles. The number of carboxylic acid groups (broad SMARTS) is 1. The average molecular weight is 288 g/mol. The van der Waals surface area contributed by atoms with Gasteiger partial charge in [-0.2, -0.15) is 5.26 Å². The van der Waals surface area contributed by atoms with Gasteiger partial charge in [-0.1, -0.05) is 0 Å². The van der Waals surface area contributed by atoms with E-state index >= 15 is 0 Å². The van der Waals surface area contributed by atoms with Crippen LogP contribution in [0.4, 0.5) is 0 Å². The van der Waals surface area contributed by atoms with Crippen molar-refractivity contribution in [2.24, 2.45) is 5.92 Å². The Morgan fingerprint density at radius 3 is 2.86 bits per heavy atom. The molecule has 21 heavy (non-hydrogen) atoms. The van der Waals surface area contributed by atoms with Gasteiger partial charge in [0.2, 0.25) is 0 Å². The molecule has 1 atom stereocenters. The van der Waals surface area contributed by atoms with Gasteiger partial charge in [-0.25, -0.2) is 0 Å². The van der Waals surface area contributed by atoms with Crippen LogP contribution in [0.25, 0.3) is 0 Å². The maximum absolute atomic E-state index is 12.4. The third kappa shape index (κ3) is 3.14. The van der Waals surface area contributed by atoms with Crippen molar-refractivity contribution in [3.05, 3.63) is 29.3 Å². The van der Waals surface area contributed by atoms with Gasteiger partial charge in [0, 0.05) is 18.7 Å². The molecular formula is C15H16N2O4. The second-order valence-electron chi connectivity index (χ2n) is 4.96. The van der Waals surface area contributed by atoms with E-state index in [2.05, 4.69) is 0 Å². The number of carbonyl (C=O) groups is 2. The molecule has 1 unspecified atom stereocenters. The van der Waals surface area contributed by atoms with Gasteiger partial charge in [-0.05, 0) is 31.0 Å². The Bertz CT molecular complexity index is 606. The molecule has 0 spiro atoms. The van der Waals surface area contributed by atoms with Crippen LogP contribution in [-0.4, -0.2) is 42.1 Å². The predicted octanol–water partition coefficient (Wildman–Crippen LogP) is 1.50. The number of nitrogens with zero attached hydrogens (tertiary/aromatic N) is 2. The Morgan fingerprint density at radius 1 is 1.48 bits per heavy atom. The van der Waals surface area contributed by atoms with Crippen molar-refractivity contribution in [2.45, 2.75) is 12.8 Å². The molecule has 1 aromatic carbocycles. The van der Waals surface area contributed by atoms with Gasteiger partial charge in [-0.3, -0.25) is 9.59 Å². The highest BCUT2D eigenvalue weighted by Gasteiger charge is 2.28. The summed E-state index contributed by atoms with van der Waals surface area (Å²) < 4.78 is 5.04. The van der Waals surface area contributed by atoms with E-state index in [9.17, 15) is 9.59 Å². The number of rotatable bonds is 3. The molecule has 1 aromatic rings. The zero-order chi connectivity index (χ0) is 15.4. The Labute approximate surface area is 122 Å². The molecule has 1 aliphatic heterocycles. The summed E-state index contributed by atoms with van der Waals surface area (Å²) in [7, 11) is 1.46. The number of carbonyl (C=O) groups excluding carboxylic acids is 1. The zero-order valence-corrected chi connectivity index (χ0v) is 11.7. The fourth-order valence-electron chi connectivity index (χ4n) is 2.47. The van der Waals surface area contributed by atoms with Crippen LogP contribution in [0.3, 0.4) is 0 Å². The quantitative estimate of drug-likeness (QED) is 0.910. The molecule has 1 saturated heterocycles. The number of ether oxygens (including phenoxy) is 1. The van der Waals surface area contributed by atoms with Crippen LogP contribution in [0.15, 0.2) is 18.2 Å². The molecule has 1 N–H and O–H groups in total. The van der Waals surface area contributed by atoms with Crippen LogP contribution in [0.1, 0.15) is 28.8 Å². The van der Waals surface area contributed by atoms with Crippen molar-refractivity contribution in [3.8, 4) is 11.8 Å². The van der Waals surface area contributed by atoms with E-state index in [1.54, 1.807) is 12.1 Å². The summed E-state index contributed by atoms with van der Waals surface area (Å²) in [5.74, 6) is -1.23. The van der Waals surface area contributed by atoms with E-state index in [4.69, 9.17) is 15.1 Å². The van der Waals surface area contributed by atoms with Crippen LogP contribution < -0.4 is 4.74 Å². The Morgan fingerprint density at radius 2 is 2.24 bits per heavy atom. The maximum Gasteiger partial charge on any atom is 0.308 e. The molecule has 110 valence electrons. The molecule has 1 amide bonds. The number of hydrogen-bond donors (Lipinski definition) is 1. The van der Waals surface area contributed by atoms with Crippen molar-refractivity contribution in [3.63, 3.8) is 0 Å². The van der Waals surface area contributed by atoms with Crippen LogP contribution in [0, 0.1) is 17.2 Å². The number of benzene rings is 1. The summed E-state index contributed by atoms with van der Waals surface area (Å²) in [6.07, 6.45) is 1.26. The van der Waals surface area contributed by atoms with E-state index in [1.807, 2.05) is 6.07 Å². The normalized spacial score (nSPS) is 17.9. The van der Waals surface area contributed by atoms with Crippen molar-refractivity contribution in [1.29, 1.82) is 5.26 Å². The molecule has 1 fully saturated rings. The smallest absolute Gasteiger partial charge is 0.308 e. The lowest BCUT2D eigenvalue weighted by Gasteiger charge is -2.30. The van der Waals surface area contributed by atoms with E-state index in [0.29, 0.717) is 30.7 Å². The number of carboxylic acids is 1.